The number of pyridine rings is 1. The number of ether oxygens (including phenoxy) is 2. The molecule has 2 aromatic rings. The Morgan fingerprint density at radius 1 is 1.00 bits per heavy atom. The highest BCUT2D eigenvalue weighted by Crippen LogP contribution is 2.30. The minimum absolute atomic E-state index is 0.0730. The zero-order valence-electron chi connectivity index (χ0n) is 19.1. The van der Waals surface area contributed by atoms with Gasteiger partial charge in [-0.1, -0.05) is 6.07 Å². The molecule has 0 spiro atoms. The van der Waals surface area contributed by atoms with Crippen LogP contribution in [-0.2, 0) is 17.9 Å². The van der Waals surface area contributed by atoms with Crippen molar-refractivity contribution in [2.24, 2.45) is 0 Å². The molecule has 0 radical (unpaired) electrons. The molecule has 168 valence electrons. The molecule has 7 heteroatoms. The summed E-state index contributed by atoms with van der Waals surface area (Å²) in [4.78, 5) is 22.7. The molecule has 0 N–H and O–H groups in total. The molecular formula is C24H34N4O3. The summed E-state index contributed by atoms with van der Waals surface area (Å²) in [6.07, 6.45) is 3.14. The quantitative estimate of drug-likeness (QED) is 0.615. The van der Waals surface area contributed by atoms with Gasteiger partial charge < -0.3 is 14.4 Å². The summed E-state index contributed by atoms with van der Waals surface area (Å²) in [6, 6.07) is 10.2. The predicted octanol–water partition coefficient (Wildman–Crippen LogP) is 2.65. The lowest BCUT2D eigenvalue weighted by atomic mass is 10.1. The second-order valence-corrected chi connectivity index (χ2v) is 8.11. The van der Waals surface area contributed by atoms with E-state index in [1.807, 2.05) is 31.5 Å². The van der Waals surface area contributed by atoms with Gasteiger partial charge >= 0.3 is 0 Å². The van der Waals surface area contributed by atoms with Gasteiger partial charge in [0.15, 0.2) is 17.6 Å². The highest BCUT2D eigenvalue weighted by Gasteiger charge is 2.20. The fourth-order valence-electron chi connectivity index (χ4n) is 3.73. The van der Waals surface area contributed by atoms with Crippen LogP contribution in [0.5, 0.6) is 11.5 Å². The third-order valence-electron chi connectivity index (χ3n) is 5.43. The number of rotatable bonds is 9. The average Bonchev–Trinajstić information content (AvgIpc) is 2.77. The summed E-state index contributed by atoms with van der Waals surface area (Å²) in [5.41, 5.74) is 2.49. The van der Waals surface area contributed by atoms with Gasteiger partial charge in [-0.05, 0) is 49.2 Å². The first-order valence-electron chi connectivity index (χ1n) is 10.9. The van der Waals surface area contributed by atoms with Crippen molar-refractivity contribution >= 4 is 5.91 Å². The zero-order valence-corrected chi connectivity index (χ0v) is 19.1. The summed E-state index contributed by atoms with van der Waals surface area (Å²) in [7, 11) is 3.46. The smallest absolute Gasteiger partial charge is 0.262 e. The Bertz CT molecular complexity index is 836. The van der Waals surface area contributed by atoms with E-state index >= 15 is 0 Å². The number of carbonyl (C=O) groups excluding carboxylic acids is 1. The number of benzene rings is 1. The molecule has 0 saturated carbocycles. The van der Waals surface area contributed by atoms with E-state index in [-0.39, 0.29) is 5.91 Å². The van der Waals surface area contributed by atoms with Crippen molar-refractivity contribution in [1.82, 2.24) is 19.7 Å². The molecule has 3 rings (SSSR count). The van der Waals surface area contributed by atoms with Crippen molar-refractivity contribution in [1.29, 1.82) is 0 Å². The van der Waals surface area contributed by atoms with E-state index in [2.05, 4.69) is 33.0 Å². The maximum absolute atomic E-state index is 12.1. The van der Waals surface area contributed by atoms with Gasteiger partial charge in [-0.25, -0.2) is 0 Å². The van der Waals surface area contributed by atoms with Crippen LogP contribution in [0.2, 0.25) is 0 Å². The van der Waals surface area contributed by atoms with E-state index in [9.17, 15) is 4.79 Å². The van der Waals surface area contributed by atoms with Crippen LogP contribution in [0, 0.1) is 0 Å². The molecule has 0 bridgehead atoms. The molecule has 1 fully saturated rings. The summed E-state index contributed by atoms with van der Waals surface area (Å²) >= 11 is 0. The van der Waals surface area contributed by atoms with Crippen LogP contribution in [0.1, 0.15) is 25.0 Å². The SMILES string of the molecule is CCOc1cc(CN2CCN(Cc3ccncc3)CC2)ccc1OC(C)C(=O)N(C)C. The van der Waals surface area contributed by atoms with Gasteiger partial charge in [-0.2, -0.15) is 0 Å². The third kappa shape index (κ3) is 6.67. The lowest BCUT2D eigenvalue weighted by Crippen LogP contribution is -2.45. The Kier molecular flexibility index (Phi) is 8.26. The van der Waals surface area contributed by atoms with Gasteiger partial charge in [0.25, 0.3) is 5.91 Å². The number of carbonyl (C=O) groups is 1. The monoisotopic (exact) mass is 426 g/mol. The molecule has 1 aliphatic heterocycles. The number of piperazine rings is 1. The summed E-state index contributed by atoms with van der Waals surface area (Å²) in [5, 5.41) is 0. The van der Waals surface area contributed by atoms with E-state index in [1.165, 1.54) is 16.0 Å². The van der Waals surface area contributed by atoms with E-state index in [0.29, 0.717) is 18.1 Å². The van der Waals surface area contributed by atoms with Crippen molar-refractivity contribution in [3.8, 4) is 11.5 Å². The second kappa shape index (κ2) is 11.1. The fraction of sp³-hybridized carbons (Fsp3) is 0.500. The van der Waals surface area contributed by atoms with Gasteiger partial charge in [0.05, 0.1) is 6.61 Å². The molecule has 1 amide bonds. The van der Waals surface area contributed by atoms with Gasteiger partial charge in [0, 0.05) is 65.8 Å². The third-order valence-corrected chi connectivity index (χ3v) is 5.43. The predicted molar refractivity (Wildman–Crippen MR) is 121 cm³/mol. The van der Waals surface area contributed by atoms with Crippen molar-refractivity contribution in [3.05, 3.63) is 53.9 Å². The first-order valence-corrected chi connectivity index (χ1v) is 10.9. The minimum Gasteiger partial charge on any atom is -0.490 e. The van der Waals surface area contributed by atoms with Crippen LogP contribution >= 0.6 is 0 Å². The number of nitrogens with zero attached hydrogens (tertiary/aromatic N) is 4. The first kappa shape index (κ1) is 23.0. The van der Waals surface area contributed by atoms with E-state index in [1.54, 1.807) is 21.0 Å². The van der Waals surface area contributed by atoms with Crippen molar-refractivity contribution < 1.29 is 14.3 Å². The molecule has 31 heavy (non-hydrogen) atoms. The number of likely N-dealkylation sites (N-methyl/N-ethyl adjacent to an activating group) is 1. The average molecular weight is 427 g/mol. The molecule has 1 unspecified atom stereocenters. The number of hydrogen-bond acceptors (Lipinski definition) is 6. The van der Waals surface area contributed by atoms with Gasteiger partial charge in [-0.15, -0.1) is 0 Å². The summed E-state index contributed by atoms with van der Waals surface area (Å²) in [5.74, 6) is 1.22. The Balaban J connectivity index is 1.57. The van der Waals surface area contributed by atoms with Crippen LogP contribution in [-0.4, -0.2) is 78.6 Å². The Labute approximate surface area is 185 Å². The van der Waals surface area contributed by atoms with E-state index in [0.717, 1.165) is 39.3 Å². The van der Waals surface area contributed by atoms with Gasteiger partial charge in [0.2, 0.25) is 0 Å². The molecule has 1 atom stereocenters. The molecule has 2 heterocycles. The summed E-state index contributed by atoms with van der Waals surface area (Å²) < 4.78 is 11.7. The van der Waals surface area contributed by atoms with Crippen LogP contribution < -0.4 is 9.47 Å². The van der Waals surface area contributed by atoms with E-state index < -0.39 is 6.10 Å². The van der Waals surface area contributed by atoms with Crippen LogP contribution in [0.15, 0.2) is 42.7 Å². The van der Waals surface area contributed by atoms with Crippen molar-refractivity contribution in [2.75, 3.05) is 46.9 Å². The molecule has 1 aromatic carbocycles. The Morgan fingerprint density at radius 3 is 2.19 bits per heavy atom. The Morgan fingerprint density at radius 2 is 1.61 bits per heavy atom. The number of hydrogen-bond donors (Lipinski definition) is 0. The molecule has 7 nitrogen and oxygen atoms in total. The van der Waals surface area contributed by atoms with Crippen molar-refractivity contribution in [3.63, 3.8) is 0 Å². The van der Waals surface area contributed by atoms with Crippen molar-refractivity contribution in [2.45, 2.75) is 33.0 Å². The Hall–Kier alpha value is -2.64. The minimum atomic E-state index is -0.562. The van der Waals surface area contributed by atoms with E-state index in [4.69, 9.17) is 9.47 Å². The molecule has 1 saturated heterocycles. The lowest BCUT2D eigenvalue weighted by molar-refractivity contribution is -0.135. The zero-order chi connectivity index (χ0) is 22.2. The first-order chi connectivity index (χ1) is 15.0. The highest BCUT2D eigenvalue weighted by molar-refractivity contribution is 5.80. The molecule has 1 aromatic heterocycles. The topological polar surface area (TPSA) is 58.1 Å². The number of amides is 1. The second-order valence-electron chi connectivity index (χ2n) is 8.11. The van der Waals surface area contributed by atoms with Gasteiger partial charge in [-0.3, -0.25) is 19.6 Å². The maximum Gasteiger partial charge on any atom is 0.262 e. The standard InChI is InChI=1S/C24H34N4O3/c1-5-30-23-16-21(6-7-22(23)31-19(2)24(29)26(3)4)18-28-14-12-27(13-15-28)17-20-8-10-25-11-9-20/h6-11,16,19H,5,12-15,17-18H2,1-4H3. The largest absolute Gasteiger partial charge is 0.490 e. The molecule has 1 aliphatic rings. The molecular weight excluding hydrogens is 392 g/mol. The highest BCUT2D eigenvalue weighted by atomic mass is 16.5. The van der Waals surface area contributed by atoms with Crippen LogP contribution in [0.3, 0.4) is 0 Å². The van der Waals surface area contributed by atoms with Gasteiger partial charge in [0.1, 0.15) is 0 Å². The lowest BCUT2D eigenvalue weighted by Gasteiger charge is -2.34. The molecule has 0 aliphatic carbocycles. The maximum atomic E-state index is 12.1. The number of aromatic nitrogens is 1. The van der Waals surface area contributed by atoms with Crippen LogP contribution in [0.25, 0.3) is 0 Å². The normalized spacial score (nSPS) is 16.0. The summed E-state index contributed by atoms with van der Waals surface area (Å²) in [6.45, 7) is 10.3. The van der Waals surface area contributed by atoms with Crippen LogP contribution in [0.4, 0.5) is 0 Å². The fourth-order valence-corrected chi connectivity index (χ4v) is 3.73.